The average molecular weight is 297 g/mol. The molecule has 0 spiro atoms. The third kappa shape index (κ3) is 6.73. The minimum Gasteiger partial charge on any atom is -0.467 e. The fourth-order valence-corrected chi connectivity index (χ4v) is 1.61. The molecule has 1 amide bonds. The van der Waals surface area contributed by atoms with Crippen LogP contribution in [0, 0.1) is 0 Å². The number of benzene rings is 1. The summed E-state index contributed by atoms with van der Waals surface area (Å²) < 4.78 is 9.51. The summed E-state index contributed by atoms with van der Waals surface area (Å²) in [6.45, 7) is 0.0726. The molecule has 1 atom stereocenters. The molecule has 0 fully saturated rings. The Morgan fingerprint density at radius 3 is 2.43 bits per heavy atom. The highest BCUT2D eigenvalue weighted by Gasteiger charge is 2.22. The molecule has 3 N–H and O–H groups in total. The van der Waals surface area contributed by atoms with Crippen molar-refractivity contribution in [3.05, 3.63) is 35.9 Å². The van der Waals surface area contributed by atoms with Crippen molar-refractivity contribution in [1.82, 2.24) is 5.32 Å². The van der Waals surface area contributed by atoms with Crippen LogP contribution in [0.4, 0.5) is 4.79 Å². The molecular formula is C14H19NO6. The molecule has 116 valence electrons. The predicted octanol–water partition coefficient (Wildman–Crippen LogP) is 0.545. The molecule has 7 nitrogen and oxygen atoms in total. The number of alkyl carbamates (subject to hydrolysis) is 1. The van der Waals surface area contributed by atoms with Crippen molar-refractivity contribution in [3.8, 4) is 0 Å². The van der Waals surface area contributed by atoms with Gasteiger partial charge >= 0.3 is 12.1 Å². The van der Waals surface area contributed by atoms with Gasteiger partial charge in [0.1, 0.15) is 12.6 Å². The maximum atomic E-state index is 11.6. The van der Waals surface area contributed by atoms with Crippen LogP contribution >= 0.6 is 0 Å². The van der Waals surface area contributed by atoms with Gasteiger partial charge in [-0.1, -0.05) is 30.3 Å². The number of nitrogens with one attached hydrogen (secondary N) is 1. The summed E-state index contributed by atoms with van der Waals surface area (Å²) in [6, 6.07) is 8.09. The SMILES string of the molecule is COC(=O)[C@H](CCC(O)O)NC(=O)OCc1ccccc1. The van der Waals surface area contributed by atoms with Crippen molar-refractivity contribution >= 4 is 12.1 Å². The van der Waals surface area contributed by atoms with Crippen molar-refractivity contribution in [2.24, 2.45) is 0 Å². The van der Waals surface area contributed by atoms with Gasteiger partial charge in [0.25, 0.3) is 0 Å². The van der Waals surface area contributed by atoms with Crippen LogP contribution in [0.5, 0.6) is 0 Å². The minimum atomic E-state index is -1.56. The summed E-state index contributed by atoms with van der Waals surface area (Å²) in [4.78, 5) is 23.1. The Morgan fingerprint density at radius 2 is 1.86 bits per heavy atom. The van der Waals surface area contributed by atoms with Gasteiger partial charge in [0.05, 0.1) is 7.11 Å². The van der Waals surface area contributed by atoms with Gasteiger partial charge in [-0.2, -0.15) is 0 Å². The van der Waals surface area contributed by atoms with E-state index in [4.69, 9.17) is 14.9 Å². The largest absolute Gasteiger partial charge is 0.467 e. The molecular weight excluding hydrogens is 278 g/mol. The Labute approximate surface area is 122 Å². The second-order valence-corrected chi connectivity index (χ2v) is 4.34. The molecule has 0 unspecified atom stereocenters. The zero-order chi connectivity index (χ0) is 15.7. The fourth-order valence-electron chi connectivity index (χ4n) is 1.61. The quantitative estimate of drug-likeness (QED) is 0.501. The van der Waals surface area contributed by atoms with Gasteiger partial charge in [0, 0.05) is 6.42 Å². The maximum Gasteiger partial charge on any atom is 0.408 e. The molecule has 0 radical (unpaired) electrons. The lowest BCUT2D eigenvalue weighted by Crippen LogP contribution is -2.42. The highest BCUT2D eigenvalue weighted by atomic mass is 16.6. The summed E-state index contributed by atoms with van der Waals surface area (Å²) in [7, 11) is 1.18. The number of amides is 1. The lowest BCUT2D eigenvalue weighted by molar-refractivity contribution is -0.143. The van der Waals surface area contributed by atoms with Crippen LogP contribution in [0.1, 0.15) is 18.4 Å². The molecule has 1 rings (SSSR count). The lowest BCUT2D eigenvalue weighted by atomic mass is 10.1. The van der Waals surface area contributed by atoms with Crippen molar-refractivity contribution in [3.63, 3.8) is 0 Å². The molecule has 0 aliphatic heterocycles. The van der Waals surface area contributed by atoms with Gasteiger partial charge in [0.15, 0.2) is 6.29 Å². The normalized spacial score (nSPS) is 11.8. The van der Waals surface area contributed by atoms with Crippen LogP contribution in [0.25, 0.3) is 0 Å². The fraction of sp³-hybridized carbons (Fsp3) is 0.429. The van der Waals surface area contributed by atoms with Crippen LogP contribution in [0.3, 0.4) is 0 Å². The van der Waals surface area contributed by atoms with Gasteiger partial charge in [-0.25, -0.2) is 9.59 Å². The van der Waals surface area contributed by atoms with Crippen LogP contribution in [0.2, 0.25) is 0 Å². The number of hydrogen-bond acceptors (Lipinski definition) is 6. The van der Waals surface area contributed by atoms with Crippen molar-refractivity contribution < 1.29 is 29.3 Å². The predicted molar refractivity (Wildman–Crippen MR) is 73.0 cm³/mol. The first-order valence-corrected chi connectivity index (χ1v) is 6.44. The van der Waals surface area contributed by atoms with E-state index in [1.807, 2.05) is 18.2 Å². The van der Waals surface area contributed by atoms with Crippen LogP contribution < -0.4 is 5.32 Å². The lowest BCUT2D eigenvalue weighted by Gasteiger charge is -2.16. The maximum absolute atomic E-state index is 11.6. The number of esters is 1. The molecule has 1 aromatic carbocycles. The topological polar surface area (TPSA) is 105 Å². The summed E-state index contributed by atoms with van der Waals surface area (Å²) >= 11 is 0. The first-order chi connectivity index (χ1) is 10.0. The summed E-state index contributed by atoms with van der Waals surface area (Å²) in [5.74, 6) is -0.674. The molecule has 0 aliphatic carbocycles. The number of aliphatic hydroxyl groups excluding tert-OH is 1. The van der Waals surface area contributed by atoms with E-state index in [0.717, 1.165) is 5.56 Å². The van der Waals surface area contributed by atoms with E-state index in [1.165, 1.54) is 7.11 Å². The molecule has 7 heteroatoms. The van der Waals surface area contributed by atoms with E-state index in [9.17, 15) is 9.59 Å². The van der Waals surface area contributed by atoms with E-state index in [-0.39, 0.29) is 19.4 Å². The van der Waals surface area contributed by atoms with Gasteiger partial charge in [0.2, 0.25) is 0 Å². The monoisotopic (exact) mass is 297 g/mol. The molecule has 0 saturated heterocycles. The van der Waals surface area contributed by atoms with Gasteiger partial charge in [-0.15, -0.1) is 0 Å². The molecule has 0 aromatic heterocycles. The Bertz CT molecular complexity index is 448. The van der Waals surface area contributed by atoms with Crippen molar-refractivity contribution in [1.29, 1.82) is 0 Å². The van der Waals surface area contributed by atoms with Crippen LogP contribution in [0.15, 0.2) is 30.3 Å². The molecule has 21 heavy (non-hydrogen) atoms. The van der Waals surface area contributed by atoms with Crippen LogP contribution in [-0.2, 0) is 20.9 Å². The number of hydrogen-bond donors (Lipinski definition) is 3. The van der Waals surface area contributed by atoms with Crippen LogP contribution in [-0.4, -0.2) is 41.7 Å². The highest BCUT2D eigenvalue weighted by molar-refractivity contribution is 5.81. The van der Waals surface area contributed by atoms with Gasteiger partial charge in [-0.05, 0) is 12.0 Å². The number of carbonyl (C=O) groups is 2. The molecule has 0 aliphatic rings. The first kappa shape index (κ1) is 16.9. The van der Waals surface area contributed by atoms with E-state index in [2.05, 4.69) is 10.1 Å². The zero-order valence-electron chi connectivity index (χ0n) is 11.7. The van der Waals surface area contributed by atoms with E-state index in [1.54, 1.807) is 12.1 Å². The number of carbonyl (C=O) groups excluding carboxylic acids is 2. The van der Waals surface area contributed by atoms with Crippen molar-refractivity contribution in [2.75, 3.05) is 7.11 Å². The Kier molecular flexibility index (Phi) is 7.20. The van der Waals surface area contributed by atoms with Gasteiger partial charge in [-0.3, -0.25) is 0 Å². The Morgan fingerprint density at radius 1 is 1.19 bits per heavy atom. The second kappa shape index (κ2) is 8.93. The molecule has 0 heterocycles. The van der Waals surface area contributed by atoms with E-state index >= 15 is 0 Å². The number of ether oxygens (including phenoxy) is 2. The average Bonchev–Trinajstić information content (AvgIpc) is 2.49. The summed E-state index contributed by atoms with van der Waals surface area (Å²) in [5.41, 5.74) is 0.813. The second-order valence-electron chi connectivity index (χ2n) is 4.34. The summed E-state index contributed by atoms with van der Waals surface area (Å²) in [6.07, 6.45) is -2.37. The first-order valence-electron chi connectivity index (χ1n) is 6.44. The smallest absolute Gasteiger partial charge is 0.408 e. The number of aliphatic hydroxyl groups is 2. The van der Waals surface area contributed by atoms with Gasteiger partial charge < -0.3 is 25.0 Å². The minimum absolute atomic E-state index is 0.0325. The van der Waals surface area contributed by atoms with Crippen molar-refractivity contribution in [2.45, 2.75) is 31.8 Å². The summed E-state index contributed by atoms with van der Waals surface area (Å²) in [5, 5.41) is 19.9. The number of rotatable bonds is 7. The molecule has 1 aromatic rings. The Balaban J connectivity index is 2.45. The highest BCUT2D eigenvalue weighted by Crippen LogP contribution is 2.04. The number of methoxy groups -OCH3 is 1. The van der Waals surface area contributed by atoms with E-state index < -0.39 is 24.4 Å². The third-order valence-electron chi connectivity index (χ3n) is 2.70. The van der Waals surface area contributed by atoms with E-state index in [0.29, 0.717) is 0 Å². The zero-order valence-corrected chi connectivity index (χ0v) is 11.7. The standard InChI is InChI=1S/C14H19NO6/c1-20-13(18)11(7-8-12(16)17)15-14(19)21-9-10-5-3-2-4-6-10/h2-6,11-12,16-17H,7-9H2,1H3,(H,15,19)/t11-/m0/s1. The Hall–Kier alpha value is -2.12. The molecule has 0 saturated carbocycles. The molecule has 0 bridgehead atoms. The third-order valence-corrected chi connectivity index (χ3v) is 2.70.